The second-order valence-corrected chi connectivity index (χ2v) is 14.0. The van der Waals surface area contributed by atoms with Crippen LogP contribution in [0, 0.1) is 12.7 Å². The lowest BCUT2D eigenvalue weighted by Crippen LogP contribution is -2.52. The second kappa shape index (κ2) is 13.5. The third kappa shape index (κ3) is 7.40. The van der Waals surface area contributed by atoms with Gasteiger partial charge in [-0.15, -0.1) is 0 Å². The summed E-state index contributed by atoms with van der Waals surface area (Å²) in [6, 6.07) is 14.6. The van der Waals surface area contributed by atoms with Crippen molar-refractivity contribution in [2.24, 2.45) is 4.99 Å². The zero-order valence-corrected chi connectivity index (χ0v) is 26.5. The summed E-state index contributed by atoms with van der Waals surface area (Å²) in [5.41, 5.74) is 0.656. The topological polar surface area (TPSA) is 97.4 Å². The lowest BCUT2D eigenvalue weighted by atomic mass is 10.2. The highest BCUT2D eigenvalue weighted by Crippen LogP contribution is 2.37. The van der Waals surface area contributed by atoms with Gasteiger partial charge < -0.3 is 14.5 Å². The fourth-order valence-electron chi connectivity index (χ4n) is 5.04. The third-order valence-electron chi connectivity index (χ3n) is 7.41. The average Bonchev–Trinajstić information content (AvgIpc) is 3.43. The smallest absolute Gasteiger partial charge is 0.182 e. The second-order valence-electron chi connectivity index (χ2n) is 10.8. The van der Waals surface area contributed by atoms with Crippen molar-refractivity contribution in [1.29, 1.82) is 0 Å². The molecule has 43 heavy (non-hydrogen) atoms. The van der Waals surface area contributed by atoms with E-state index in [1.807, 2.05) is 13.0 Å². The maximum atomic E-state index is 14.1. The van der Waals surface area contributed by atoms with E-state index in [-0.39, 0.29) is 10.5 Å². The van der Waals surface area contributed by atoms with Crippen LogP contribution in [0.1, 0.15) is 11.3 Å². The first-order valence-electron chi connectivity index (χ1n) is 14.1. The van der Waals surface area contributed by atoms with Gasteiger partial charge in [-0.25, -0.2) is 12.8 Å². The highest BCUT2D eigenvalue weighted by molar-refractivity contribution is 8.00. The Morgan fingerprint density at radius 2 is 1.81 bits per heavy atom. The van der Waals surface area contributed by atoms with Gasteiger partial charge >= 0.3 is 0 Å². The number of hydrogen-bond donors (Lipinski definition) is 1. The molecule has 3 aromatic rings. The number of thioether (sulfide) groups is 1. The van der Waals surface area contributed by atoms with E-state index < -0.39 is 26.9 Å². The average molecular weight is 628 g/mol. The molecule has 1 N–H and O–H groups in total. The van der Waals surface area contributed by atoms with Crippen LogP contribution in [0.4, 0.5) is 10.2 Å². The van der Waals surface area contributed by atoms with Crippen LogP contribution in [0.25, 0.3) is 0 Å². The van der Waals surface area contributed by atoms with Crippen molar-refractivity contribution >= 4 is 33.6 Å². The molecule has 13 heteroatoms. The number of aryl methyl sites for hydroxylation is 1. The van der Waals surface area contributed by atoms with E-state index in [0.717, 1.165) is 61.5 Å². The molecule has 3 heterocycles. The Hall–Kier alpha value is -3.39. The van der Waals surface area contributed by atoms with Gasteiger partial charge in [-0.1, -0.05) is 30.0 Å². The molecule has 1 saturated heterocycles. The van der Waals surface area contributed by atoms with Gasteiger partial charge in [0.2, 0.25) is 0 Å². The first-order chi connectivity index (χ1) is 20.6. The Balaban J connectivity index is 1.36. The number of ether oxygens (including phenoxy) is 1. The number of allylic oxidation sites excluding steroid dienone is 1. The first kappa shape index (κ1) is 31.0. The summed E-state index contributed by atoms with van der Waals surface area (Å²) in [6.07, 6.45) is 1.76. The van der Waals surface area contributed by atoms with Crippen LogP contribution >= 0.6 is 11.8 Å². The number of piperazine rings is 1. The minimum absolute atomic E-state index is 0.140. The van der Waals surface area contributed by atoms with Crippen molar-refractivity contribution in [1.82, 2.24) is 24.9 Å². The van der Waals surface area contributed by atoms with Gasteiger partial charge in [-0.05, 0) is 51.4 Å². The molecular formula is C30H38FN7O3S2. The molecule has 10 nitrogen and oxygen atoms in total. The molecule has 2 aromatic carbocycles. The molecule has 0 saturated carbocycles. The first-order valence-corrected chi connectivity index (χ1v) is 16.7. The Bertz CT molecular complexity index is 1570. The van der Waals surface area contributed by atoms with E-state index in [4.69, 9.17) is 9.73 Å². The number of aromatic nitrogens is 2. The molecule has 2 aliphatic heterocycles. The van der Waals surface area contributed by atoms with Crippen LogP contribution < -0.4 is 4.90 Å². The summed E-state index contributed by atoms with van der Waals surface area (Å²) >= 11 is 1.48. The van der Waals surface area contributed by atoms with Crippen molar-refractivity contribution in [3.63, 3.8) is 0 Å². The van der Waals surface area contributed by atoms with Crippen LogP contribution in [-0.2, 0) is 20.3 Å². The van der Waals surface area contributed by atoms with Crippen LogP contribution in [0.5, 0.6) is 0 Å². The minimum atomic E-state index is -3.72. The van der Waals surface area contributed by atoms with Gasteiger partial charge in [-0.2, -0.15) is 5.10 Å². The van der Waals surface area contributed by atoms with E-state index in [1.165, 1.54) is 23.9 Å². The Morgan fingerprint density at radius 1 is 1.09 bits per heavy atom. The number of nitrogens with zero attached hydrogens (tertiary/aromatic N) is 6. The maximum Gasteiger partial charge on any atom is 0.182 e. The van der Waals surface area contributed by atoms with E-state index >= 15 is 0 Å². The number of benzene rings is 2. The number of H-pyrrole nitrogens is 1. The highest BCUT2D eigenvalue weighted by Gasteiger charge is 2.35. The van der Waals surface area contributed by atoms with Gasteiger partial charge in [-0.3, -0.25) is 19.9 Å². The summed E-state index contributed by atoms with van der Waals surface area (Å²) in [5, 5.41) is 7.62. The largest absolute Gasteiger partial charge is 0.491 e. The summed E-state index contributed by atoms with van der Waals surface area (Å²) in [7, 11) is 2.11. The molecule has 1 aromatic heterocycles. The maximum absolute atomic E-state index is 14.1. The van der Waals surface area contributed by atoms with Crippen molar-refractivity contribution in [2.45, 2.75) is 28.0 Å². The fraction of sp³-hybridized carbons (Fsp3) is 0.400. The lowest BCUT2D eigenvalue weighted by molar-refractivity contribution is 0.140. The zero-order valence-electron chi connectivity index (χ0n) is 24.9. The number of likely N-dealkylation sites (N-methyl/N-ethyl adjacent to an activating group) is 1. The van der Waals surface area contributed by atoms with E-state index in [0.29, 0.717) is 5.76 Å². The predicted octanol–water partition coefficient (Wildman–Crippen LogP) is 3.79. The summed E-state index contributed by atoms with van der Waals surface area (Å²) in [6.45, 7) is 7.50. The Labute approximate surface area is 257 Å². The molecule has 0 spiro atoms. The quantitative estimate of drug-likeness (QED) is 0.341. The molecule has 1 unspecified atom stereocenters. The van der Waals surface area contributed by atoms with Gasteiger partial charge in [0.15, 0.2) is 32.7 Å². The predicted molar refractivity (Wildman–Crippen MR) is 168 cm³/mol. The third-order valence-corrected chi connectivity index (χ3v) is 10.2. The summed E-state index contributed by atoms with van der Waals surface area (Å²) in [5.74, 6) is 1.35. The number of aromatic amines is 1. The lowest BCUT2D eigenvalue weighted by Gasteiger charge is -2.43. The number of halogens is 1. The molecule has 2 aliphatic rings. The number of hydrogen-bond acceptors (Lipinski definition) is 10. The number of sulfone groups is 1. The van der Waals surface area contributed by atoms with Crippen LogP contribution in [0.15, 0.2) is 81.0 Å². The number of rotatable bonds is 11. The standard InChI is InChI=1S/C30H38FN7O3S2/c1-22-19-28(34-33-22)38-29(37-17-15-36(16-18-37)14-13-35(2)3)27(41-4)20-32-30(38)42-24-9-11-25(12-10-24)43(39,40)21-23-7-5-6-8-26(23)31/h5-12,19-20,30H,13-18,21H2,1-4H3,(H,33,34). The summed E-state index contributed by atoms with van der Waals surface area (Å²) < 4.78 is 46.0. The molecule has 0 aliphatic carbocycles. The molecular weight excluding hydrogens is 590 g/mol. The molecule has 1 atom stereocenters. The van der Waals surface area contributed by atoms with Gasteiger partial charge in [0, 0.05) is 61.5 Å². The highest BCUT2D eigenvalue weighted by atomic mass is 32.2. The SMILES string of the molecule is COC1=C(N2CCN(CCN(C)C)CC2)N(c2cc(C)[nH]n2)C(Sc2ccc(S(=O)(=O)Cc3ccccc3F)cc2)N=C1. The number of methoxy groups -OCH3 is 1. The van der Waals surface area contributed by atoms with Gasteiger partial charge in [0.25, 0.3) is 0 Å². The van der Waals surface area contributed by atoms with Crippen LogP contribution in [0.2, 0.25) is 0 Å². The fourth-order valence-corrected chi connectivity index (χ4v) is 7.37. The Morgan fingerprint density at radius 3 is 2.44 bits per heavy atom. The van der Waals surface area contributed by atoms with Crippen molar-refractivity contribution in [3.05, 3.63) is 83.3 Å². The van der Waals surface area contributed by atoms with E-state index in [2.05, 4.69) is 43.9 Å². The number of anilines is 1. The molecule has 0 radical (unpaired) electrons. The van der Waals surface area contributed by atoms with E-state index in [9.17, 15) is 12.8 Å². The summed E-state index contributed by atoms with van der Waals surface area (Å²) in [4.78, 5) is 14.9. The number of aliphatic imine (C=N–C) groups is 1. The molecule has 0 bridgehead atoms. The molecule has 0 amide bonds. The minimum Gasteiger partial charge on any atom is -0.491 e. The molecule has 230 valence electrons. The normalized spacial score (nSPS) is 18.1. The monoisotopic (exact) mass is 627 g/mol. The van der Waals surface area contributed by atoms with Crippen molar-refractivity contribution in [3.8, 4) is 0 Å². The number of nitrogens with one attached hydrogen (secondary N) is 1. The van der Waals surface area contributed by atoms with Gasteiger partial charge in [0.1, 0.15) is 5.82 Å². The van der Waals surface area contributed by atoms with Gasteiger partial charge in [0.05, 0.1) is 24.0 Å². The molecule has 1 fully saturated rings. The van der Waals surface area contributed by atoms with E-state index in [1.54, 1.807) is 49.7 Å². The van der Waals surface area contributed by atoms with Crippen molar-refractivity contribution in [2.75, 3.05) is 65.4 Å². The van der Waals surface area contributed by atoms with Crippen LogP contribution in [0.3, 0.4) is 0 Å². The Kier molecular flexibility index (Phi) is 9.75. The van der Waals surface area contributed by atoms with Crippen LogP contribution in [-0.4, -0.2) is 106 Å². The zero-order chi connectivity index (χ0) is 30.6. The molecule has 5 rings (SSSR count). The van der Waals surface area contributed by atoms with Crippen molar-refractivity contribution < 1.29 is 17.5 Å².